The van der Waals surface area contributed by atoms with E-state index in [-0.39, 0.29) is 5.41 Å². The van der Waals surface area contributed by atoms with E-state index in [1.54, 1.807) is 0 Å². The maximum atomic E-state index is 6.22. The summed E-state index contributed by atoms with van der Waals surface area (Å²) < 4.78 is 6.22. The van der Waals surface area contributed by atoms with Gasteiger partial charge in [-0.15, -0.1) is 0 Å². The van der Waals surface area contributed by atoms with Gasteiger partial charge in [-0.25, -0.2) is 0 Å². The molecule has 1 heterocycles. The Morgan fingerprint density at radius 3 is 2.16 bits per heavy atom. The number of aryl methyl sites for hydroxylation is 2. The van der Waals surface area contributed by atoms with Gasteiger partial charge in [0.15, 0.2) is 0 Å². The Balaban J connectivity index is 2.54. The van der Waals surface area contributed by atoms with Crippen LogP contribution < -0.4 is 0 Å². The summed E-state index contributed by atoms with van der Waals surface area (Å²) in [6, 6.07) is 10.7. The molecule has 0 saturated heterocycles. The molecular formula is C18H20O. The van der Waals surface area contributed by atoms with Crippen LogP contribution in [-0.4, -0.2) is 0 Å². The number of hydrogen-bond donors (Lipinski definition) is 0. The average molecular weight is 252 g/mol. The highest BCUT2D eigenvalue weighted by molar-refractivity contribution is 6.07. The number of furan rings is 1. The SMILES string of the molecule is Cc1ccc2c(oc3c(C)cccc32)c1C(C)(C)C. The van der Waals surface area contributed by atoms with Crippen molar-refractivity contribution in [3.8, 4) is 0 Å². The summed E-state index contributed by atoms with van der Waals surface area (Å²) in [6.45, 7) is 11.0. The Labute approximate surface area is 114 Å². The molecule has 0 aliphatic carbocycles. The minimum Gasteiger partial charge on any atom is -0.455 e. The third kappa shape index (κ3) is 1.76. The van der Waals surface area contributed by atoms with Gasteiger partial charge in [0.25, 0.3) is 0 Å². The van der Waals surface area contributed by atoms with Gasteiger partial charge in [-0.2, -0.15) is 0 Å². The van der Waals surface area contributed by atoms with Gasteiger partial charge in [0, 0.05) is 16.3 Å². The molecule has 1 aromatic heterocycles. The molecular weight excluding hydrogens is 232 g/mol. The highest BCUT2D eigenvalue weighted by Gasteiger charge is 2.23. The molecule has 0 fully saturated rings. The lowest BCUT2D eigenvalue weighted by atomic mass is 9.83. The second-order valence-electron chi connectivity index (χ2n) is 6.44. The van der Waals surface area contributed by atoms with Gasteiger partial charge in [-0.1, -0.05) is 51.1 Å². The van der Waals surface area contributed by atoms with Crippen molar-refractivity contribution in [1.82, 2.24) is 0 Å². The van der Waals surface area contributed by atoms with Crippen LogP contribution in [0, 0.1) is 13.8 Å². The summed E-state index contributed by atoms with van der Waals surface area (Å²) in [7, 11) is 0. The summed E-state index contributed by atoms with van der Waals surface area (Å²) in [5.74, 6) is 0. The maximum Gasteiger partial charge on any atom is 0.139 e. The Kier molecular flexibility index (Phi) is 2.50. The van der Waals surface area contributed by atoms with E-state index < -0.39 is 0 Å². The van der Waals surface area contributed by atoms with Crippen molar-refractivity contribution in [2.24, 2.45) is 0 Å². The molecule has 1 nitrogen and oxygen atoms in total. The molecule has 0 aliphatic rings. The number of fused-ring (bicyclic) bond motifs is 3. The van der Waals surface area contributed by atoms with Crippen LogP contribution >= 0.6 is 0 Å². The molecule has 0 atom stereocenters. The van der Waals surface area contributed by atoms with Gasteiger partial charge in [-0.3, -0.25) is 0 Å². The number of benzene rings is 2. The predicted molar refractivity (Wildman–Crippen MR) is 81.9 cm³/mol. The molecule has 19 heavy (non-hydrogen) atoms. The van der Waals surface area contributed by atoms with Crippen molar-refractivity contribution in [2.75, 3.05) is 0 Å². The summed E-state index contributed by atoms with van der Waals surface area (Å²) in [5.41, 5.74) is 5.99. The van der Waals surface area contributed by atoms with E-state index in [9.17, 15) is 0 Å². The van der Waals surface area contributed by atoms with E-state index in [4.69, 9.17) is 4.42 Å². The highest BCUT2D eigenvalue weighted by Crippen LogP contribution is 2.38. The van der Waals surface area contributed by atoms with Gasteiger partial charge in [0.05, 0.1) is 0 Å². The summed E-state index contributed by atoms with van der Waals surface area (Å²) in [6.07, 6.45) is 0. The van der Waals surface area contributed by atoms with Crippen LogP contribution in [0.15, 0.2) is 34.7 Å². The molecule has 0 aliphatic heterocycles. The normalized spacial score (nSPS) is 12.5. The smallest absolute Gasteiger partial charge is 0.139 e. The van der Waals surface area contributed by atoms with E-state index in [1.807, 2.05) is 0 Å². The lowest BCUT2D eigenvalue weighted by Crippen LogP contribution is -2.13. The highest BCUT2D eigenvalue weighted by atomic mass is 16.3. The van der Waals surface area contributed by atoms with Gasteiger partial charge in [0.1, 0.15) is 11.2 Å². The number of para-hydroxylation sites is 1. The summed E-state index contributed by atoms with van der Waals surface area (Å²) in [4.78, 5) is 0. The zero-order valence-electron chi connectivity index (χ0n) is 12.3. The molecule has 0 amide bonds. The average Bonchev–Trinajstić information content (AvgIpc) is 2.67. The zero-order chi connectivity index (χ0) is 13.8. The molecule has 0 radical (unpaired) electrons. The fourth-order valence-electron chi connectivity index (χ4n) is 3.03. The van der Waals surface area contributed by atoms with Crippen molar-refractivity contribution in [1.29, 1.82) is 0 Å². The van der Waals surface area contributed by atoms with Gasteiger partial charge in [-0.05, 0) is 30.4 Å². The molecule has 0 N–H and O–H groups in total. The lowest BCUT2D eigenvalue weighted by Gasteiger charge is -2.21. The fourth-order valence-corrected chi connectivity index (χ4v) is 3.03. The molecule has 0 saturated carbocycles. The summed E-state index contributed by atoms with van der Waals surface area (Å²) >= 11 is 0. The van der Waals surface area contributed by atoms with E-state index in [2.05, 4.69) is 65.0 Å². The number of rotatable bonds is 0. The predicted octanol–water partition coefficient (Wildman–Crippen LogP) is 5.50. The van der Waals surface area contributed by atoms with E-state index in [1.165, 1.54) is 27.5 Å². The molecule has 1 heteroatoms. The van der Waals surface area contributed by atoms with Crippen LogP contribution in [0.4, 0.5) is 0 Å². The first-order chi connectivity index (χ1) is 8.89. The molecule has 0 spiro atoms. The Hall–Kier alpha value is -1.76. The Bertz CT molecular complexity index is 770. The standard InChI is InChI=1S/C18H20O/c1-11-9-10-14-13-8-6-7-12(2)16(13)19-17(14)15(11)18(3,4)5/h6-10H,1-5H3. The fraction of sp³-hybridized carbons (Fsp3) is 0.333. The molecule has 0 bridgehead atoms. The van der Waals surface area contributed by atoms with Crippen LogP contribution in [0.2, 0.25) is 0 Å². The molecule has 98 valence electrons. The van der Waals surface area contributed by atoms with Gasteiger partial charge >= 0.3 is 0 Å². The number of hydrogen-bond acceptors (Lipinski definition) is 1. The van der Waals surface area contributed by atoms with Crippen LogP contribution in [0.1, 0.15) is 37.5 Å². The second-order valence-corrected chi connectivity index (χ2v) is 6.44. The minimum atomic E-state index is 0.0887. The monoisotopic (exact) mass is 252 g/mol. The first kappa shape index (κ1) is 12.3. The molecule has 3 aromatic rings. The molecule has 0 unspecified atom stereocenters. The summed E-state index contributed by atoms with van der Waals surface area (Å²) in [5, 5.41) is 2.45. The van der Waals surface area contributed by atoms with Crippen LogP contribution in [0.3, 0.4) is 0 Å². The first-order valence-corrected chi connectivity index (χ1v) is 6.81. The van der Waals surface area contributed by atoms with Crippen molar-refractivity contribution < 1.29 is 4.42 Å². The molecule has 2 aromatic carbocycles. The third-order valence-electron chi connectivity index (χ3n) is 3.82. The van der Waals surface area contributed by atoms with Crippen molar-refractivity contribution in [2.45, 2.75) is 40.0 Å². The van der Waals surface area contributed by atoms with Crippen molar-refractivity contribution >= 4 is 21.9 Å². The van der Waals surface area contributed by atoms with Crippen molar-refractivity contribution in [3.63, 3.8) is 0 Å². The van der Waals surface area contributed by atoms with Gasteiger partial charge in [0.2, 0.25) is 0 Å². The largest absolute Gasteiger partial charge is 0.455 e. The van der Waals surface area contributed by atoms with E-state index >= 15 is 0 Å². The van der Waals surface area contributed by atoms with E-state index in [0.717, 1.165) is 11.2 Å². The Morgan fingerprint density at radius 1 is 0.789 bits per heavy atom. The topological polar surface area (TPSA) is 13.1 Å². The van der Waals surface area contributed by atoms with Crippen LogP contribution in [0.25, 0.3) is 21.9 Å². The lowest BCUT2D eigenvalue weighted by molar-refractivity contribution is 0.568. The Morgan fingerprint density at radius 2 is 1.47 bits per heavy atom. The van der Waals surface area contributed by atoms with E-state index in [0.29, 0.717) is 0 Å². The minimum absolute atomic E-state index is 0.0887. The quantitative estimate of drug-likeness (QED) is 0.515. The van der Waals surface area contributed by atoms with Crippen molar-refractivity contribution in [3.05, 3.63) is 47.0 Å². The first-order valence-electron chi connectivity index (χ1n) is 6.81. The second kappa shape index (κ2) is 3.86. The van der Waals surface area contributed by atoms with Crippen LogP contribution in [0.5, 0.6) is 0 Å². The molecule has 3 rings (SSSR count). The van der Waals surface area contributed by atoms with Gasteiger partial charge < -0.3 is 4.42 Å². The third-order valence-corrected chi connectivity index (χ3v) is 3.82. The zero-order valence-corrected chi connectivity index (χ0v) is 12.3. The maximum absolute atomic E-state index is 6.22. The van der Waals surface area contributed by atoms with Crippen LogP contribution in [-0.2, 0) is 5.41 Å².